The van der Waals surface area contributed by atoms with E-state index < -0.39 is 18.4 Å². The zero-order chi connectivity index (χ0) is 13.1. The first-order valence-electron chi connectivity index (χ1n) is 5.53. The fourth-order valence-corrected chi connectivity index (χ4v) is 1.52. The van der Waals surface area contributed by atoms with Crippen molar-refractivity contribution in [2.24, 2.45) is 0 Å². The average Bonchev–Trinajstić information content (AvgIpc) is 2.26. The molecule has 0 fully saturated rings. The Kier molecular flexibility index (Phi) is 4.32. The molecule has 1 nitrogen and oxygen atoms in total. The Morgan fingerprint density at radius 2 is 1.76 bits per heavy atom. The zero-order valence-corrected chi connectivity index (χ0v) is 9.84. The number of hydrogen-bond donors (Lipinski definition) is 0. The second-order valence-corrected chi connectivity index (χ2v) is 4.15. The van der Waals surface area contributed by atoms with Gasteiger partial charge in [0.05, 0.1) is 0 Å². The maximum absolute atomic E-state index is 12.0. The van der Waals surface area contributed by atoms with Crippen LogP contribution in [0.5, 0.6) is 0 Å². The Labute approximate surface area is 98.6 Å². The summed E-state index contributed by atoms with van der Waals surface area (Å²) >= 11 is 0. The standard InChI is InChI=1S/C13H15F3O/c1-3-9(2)10-4-6-11(7-5-10)12(17)8-13(14,15)16/h4-7,9H,3,8H2,1-2H3. The van der Waals surface area contributed by atoms with Crippen LogP contribution in [0.2, 0.25) is 0 Å². The number of halogens is 3. The van der Waals surface area contributed by atoms with E-state index >= 15 is 0 Å². The Bertz CT molecular complexity index is 379. The van der Waals surface area contributed by atoms with Crippen LogP contribution in [-0.4, -0.2) is 12.0 Å². The lowest BCUT2D eigenvalue weighted by molar-refractivity contribution is -0.125. The third-order valence-electron chi connectivity index (χ3n) is 2.78. The third-order valence-corrected chi connectivity index (χ3v) is 2.78. The molecule has 0 spiro atoms. The Hall–Kier alpha value is -1.32. The van der Waals surface area contributed by atoms with Gasteiger partial charge < -0.3 is 0 Å². The summed E-state index contributed by atoms with van der Waals surface area (Å²) in [6, 6.07) is 6.38. The van der Waals surface area contributed by atoms with Crippen LogP contribution in [0.25, 0.3) is 0 Å². The molecule has 4 heteroatoms. The topological polar surface area (TPSA) is 17.1 Å². The smallest absolute Gasteiger partial charge is 0.294 e. The summed E-state index contributed by atoms with van der Waals surface area (Å²) < 4.78 is 36.1. The molecule has 94 valence electrons. The lowest BCUT2D eigenvalue weighted by Crippen LogP contribution is -2.15. The molecule has 1 aromatic rings. The van der Waals surface area contributed by atoms with Crippen molar-refractivity contribution < 1.29 is 18.0 Å². The van der Waals surface area contributed by atoms with Gasteiger partial charge in [0.25, 0.3) is 0 Å². The van der Waals surface area contributed by atoms with Crippen molar-refractivity contribution in [3.8, 4) is 0 Å². The molecule has 0 radical (unpaired) electrons. The van der Waals surface area contributed by atoms with E-state index in [9.17, 15) is 18.0 Å². The van der Waals surface area contributed by atoms with Crippen LogP contribution in [0.15, 0.2) is 24.3 Å². The second-order valence-electron chi connectivity index (χ2n) is 4.15. The Morgan fingerprint density at radius 1 is 1.24 bits per heavy atom. The van der Waals surface area contributed by atoms with Crippen molar-refractivity contribution in [2.75, 3.05) is 0 Å². The number of hydrogen-bond acceptors (Lipinski definition) is 1. The van der Waals surface area contributed by atoms with E-state index in [0.717, 1.165) is 12.0 Å². The van der Waals surface area contributed by atoms with Crippen LogP contribution in [0, 0.1) is 0 Å². The van der Waals surface area contributed by atoms with Crippen molar-refractivity contribution >= 4 is 5.78 Å². The highest BCUT2D eigenvalue weighted by molar-refractivity contribution is 5.96. The molecular weight excluding hydrogens is 229 g/mol. The molecule has 0 saturated heterocycles. The molecule has 0 heterocycles. The van der Waals surface area contributed by atoms with E-state index in [0.29, 0.717) is 5.92 Å². The second kappa shape index (κ2) is 5.34. The van der Waals surface area contributed by atoms with Gasteiger partial charge in [0, 0.05) is 5.56 Å². The SMILES string of the molecule is CCC(C)c1ccc(C(=O)CC(F)(F)F)cc1. The van der Waals surface area contributed by atoms with Gasteiger partial charge in [0.1, 0.15) is 6.42 Å². The number of alkyl halides is 3. The molecule has 0 saturated carbocycles. The Balaban J connectivity index is 2.77. The minimum absolute atomic E-state index is 0.120. The van der Waals surface area contributed by atoms with Gasteiger partial charge in [-0.25, -0.2) is 0 Å². The van der Waals surface area contributed by atoms with Crippen LogP contribution >= 0.6 is 0 Å². The van der Waals surface area contributed by atoms with E-state index in [1.807, 2.05) is 13.8 Å². The van der Waals surface area contributed by atoms with Crippen LogP contribution in [0.1, 0.15) is 48.5 Å². The van der Waals surface area contributed by atoms with Crippen molar-refractivity contribution in [1.82, 2.24) is 0 Å². The number of benzene rings is 1. The first kappa shape index (κ1) is 13.7. The number of carbonyl (C=O) groups excluding carboxylic acids is 1. The quantitative estimate of drug-likeness (QED) is 0.720. The molecule has 0 aliphatic rings. The highest BCUT2D eigenvalue weighted by Gasteiger charge is 2.31. The fraction of sp³-hybridized carbons (Fsp3) is 0.462. The van der Waals surface area contributed by atoms with Gasteiger partial charge in [0.2, 0.25) is 0 Å². The van der Waals surface area contributed by atoms with Crippen LogP contribution < -0.4 is 0 Å². The molecule has 1 unspecified atom stereocenters. The van der Waals surface area contributed by atoms with E-state index in [4.69, 9.17) is 0 Å². The predicted molar refractivity (Wildman–Crippen MR) is 60.2 cm³/mol. The summed E-state index contributed by atoms with van der Waals surface area (Å²) in [5, 5.41) is 0. The molecule has 0 bridgehead atoms. The molecule has 1 aromatic carbocycles. The Morgan fingerprint density at radius 3 is 2.18 bits per heavy atom. The van der Waals surface area contributed by atoms with Crippen LogP contribution in [0.3, 0.4) is 0 Å². The van der Waals surface area contributed by atoms with E-state index in [1.165, 1.54) is 12.1 Å². The molecule has 0 aromatic heterocycles. The van der Waals surface area contributed by atoms with E-state index in [2.05, 4.69) is 0 Å². The fourth-order valence-electron chi connectivity index (χ4n) is 1.52. The van der Waals surface area contributed by atoms with Crippen molar-refractivity contribution in [1.29, 1.82) is 0 Å². The summed E-state index contributed by atoms with van der Waals surface area (Å²) in [5.41, 5.74) is 1.16. The predicted octanol–water partition coefficient (Wildman–Crippen LogP) is 4.34. The van der Waals surface area contributed by atoms with Crippen molar-refractivity contribution in [3.05, 3.63) is 35.4 Å². The van der Waals surface area contributed by atoms with Crippen molar-refractivity contribution in [3.63, 3.8) is 0 Å². The number of ketones is 1. The van der Waals surface area contributed by atoms with Gasteiger partial charge >= 0.3 is 6.18 Å². The van der Waals surface area contributed by atoms with Gasteiger partial charge in [-0.15, -0.1) is 0 Å². The highest BCUT2D eigenvalue weighted by atomic mass is 19.4. The van der Waals surface area contributed by atoms with Gasteiger partial charge in [-0.3, -0.25) is 4.79 Å². The van der Waals surface area contributed by atoms with Crippen molar-refractivity contribution in [2.45, 2.75) is 38.8 Å². The monoisotopic (exact) mass is 244 g/mol. The van der Waals surface area contributed by atoms with E-state index in [-0.39, 0.29) is 5.56 Å². The van der Waals surface area contributed by atoms with E-state index in [1.54, 1.807) is 12.1 Å². The molecule has 0 N–H and O–H groups in total. The normalized spacial score (nSPS) is 13.5. The van der Waals surface area contributed by atoms with Gasteiger partial charge in [-0.05, 0) is 17.9 Å². The molecule has 17 heavy (non-hydrogen) atoms. The highest BCUT2D eigenvalue weighted by Crippen LogP contribution is 2.23. The zero-order valence-electron chi connectivity index (χ0n) is 9.84. The van der Waals surface area contributed by atoms with Gasteiger partial charge in [-0.1, -0.05) is 38.1 Å². The van der Waals surface area contributed by atoms with Gasteiger partial charge in [0.15, 0.2) is 5.78 Å². The lowest BCUT2D eigenvalue weighted by atomic mass is 9.96. The third kappa shape index (κ3) is 4.21. The molecule has 1 rings (SSSR count). The molecular formula is C13H15F3O. The molecule has 0 aliphatic carbocycles. The first-order chi connectivity index (χ1) is 7.83. The number of rotatable bonds is 4. The molecule has 0 amide bonds. The lowest BCUT2D eigenvalue weighted by Gasteiger charge is -2.10. The number of Topliss-reactive ketones (excluding diaryl/α,β-unsaturated/α-hetero) is 1. The summed E-state index contributed by atoms with van der Waals surface area (Å²) in [6.45, 7) is 4.07. The van der Waals surface area contributed by atoms with Crippen LogP contribution in [-0.2, 0) is 0 Å². The van der Waals surface area contributed by atoms with Gasteiger partial charge in [-0.2, -0.15) is 13.2 Å². The summed E-state index contributed by atoms with van der Waals surface area (Å²) in [4.78, 5) is 11.3. The summed E-state index contributed by atoms with van der Waals surface area (Å²) in [6.07, 6.45) is -4.88. The maximum Gasteiger partial charge on any atom is 0.396 e. The molecule has 0 aliphatic heterocycles. The molecule has 1 atom stereocenters. The average molecular weight is 244 g/mol. The minimum Gasteiger partial charge on any atom is -0.294 e. The number of carbonyl (C=O) groups is 1. The maximum atomic E-state index is 12.0. The summed E-state index contributed by atoms with van der Waals surface area (Å²) in [7, 11) is 0. The minimum atomic E-state index is -4.44. The summed E-state index contributed by atoms with van der Waals surface area (Å²) in [5.74, 6) is -0.532. The largest absolute Gasteiger partial charge is 0.396 e. The first-order valence-corrected chi connectivity index (χ1v) is 5.53. The van der Waals surface area contributed by atoms with Crippen LogP contribution in [0.4, 0.5) is 13.2 Å².